The van der Waals surface area contributed by atoms with Gasteiger partial charge in [0, 0.05) is 7.05 Å². The van der Waals surface area contributed by atoms with Crippen molar-refractivity contribution >= 4 is 24.2 Å². The summed E-state index contributed by atoms with van der Waals surface area (Å²) >= 11 is 0. The van der Waals surface area contributed by atoms with Crippen LogP contribution in [0, 0.1) is 10.1 Å². The van der Waals surface area contributed by atoms with E-state index in [9.17, 15) is 14.9 Å². The molecule has 0 unspecified atom stereocenters. The Bertz CT molecular complexity index is 376. The van der Waals surface area contributed by atoms with Crippen LogP contribution in [0.4, 0.5) is 5.82 Å². The van der Waals surface area contributed by atoms with Crippen LogP contribution in [0.15, 0.2) is 6.20 Å². The Kier molecular flexibility index (Phi) is 4.72. The fraction of sp³-hybridized carbons (Fsp3) is 0.429. The van der Waals surface area contributed by atoms with E-state index in [0.29, 0.717) is 0 Å². The standard InChI is InChI=1S/C7H9N3O4.ClH/c1-3-14-7(11)6-8-5(10(12)13)4-9(6)2;/h4H,3H2,1-2H3;1H. The summed E-state index contributed by atoms with van der Waals surface area (Å²) in [5.74, 6) is -1.10. The number of imidazole rings is 1. The lowest BCUT2D eigenvalue weighted by atomic mass is 10.6. The van der Waals surface area contributed by atoms with Gasteiger partial charge in [0.1, 0.15) is 6.20 Å². The summed E-state index contributed by atoms with van der Waals surface area (Å²) in [6, 6.07) is 0. The van der Waals surface area contributed by atoms with Crippen LogP contribution in [-0.4, -0.2) is 27.1 Å². The number of carbonyl (C=O) groups is 1. The highest BCUT2D eigenvalue weighted by atomic mass is 35.5. The van der Waals surface area contributed by atoms with Gasteiger partial charge in [0.05, 0.1) is 6.61 Å². The van der Waals surface area contributed by atoms with E-state index in [1.54, 1.807) is 6.92 Å². The van der Waals surface area contributed by atoms with Gasteiger partial charge in [0.2, 0.25) is 0 Å². The molecule has 1 heterocycles. The molecule has 1 aromatic rings. The molecule has 0 aliphatic heterocycles. The Morgan fingerprint density at radius 1 is 1.73 bits per heavy atom. The number of ether oxygens (including phenoxy) is 1. The Morgan fingerprint density at radius 3 is 2.73 bits per heavy atom. The zero-order chi connectivity index (χ0) is 10.7. The first kappa shape index (κ1) is 13.4. The Hall–Kier alpha value is -1.63. The molecule has 84 valence electrons. The van der Waals surface area contributed by atoms with E-state index < -0.39 is 10.9 Å². The fourth-order valence-electron chi connectivity index (χ4n) is 0.924. The summed E-state index contributed by atoms with van der Waals surface area (Å²) in [5, 5.41) is 10.3. The van der Waals surface area contributed by atoms with Gasteiger partial charge in [-0.05, 0) is 16.8 Å². The predicted molar refractivity (Wildman–Crippen MR) is 53.1 cm³/mol. The van der Waals surface area contributed by atoms with Gasteiger partial charge < -0.3 is 19.4 Å². The molecule has 1 aromatic heterocycles. The highest BCUT2D eigenvalue weighted by molar-refractivity contribution is 5.86. The van der Waals surface area contributed by atoms with Crippen LogP contribution in [-0.2, 0) is 11.8 Å². The quantitative estimate of drug-likeness (QED) is 0.442. The molecule has 0 aliphatic carbocycles. The van der Waals surface area contributed by atoms with Gasteiger partial charge in [0.25, 0.3) is 0 Å². The molecule has 7 nitrogen and oxygen atoms in total. The minimum atomic E-state index is -0.664. The average molecular weight is 236 g/mol. The molecule has 0 aromatic carbocycles. The van der Waals surface area contributed by atoms with Crippen molar-refractivity contribution in [2.45, 2.75) is 6.92 Å². The number of rotatable bonds is 3. The van der Waals surface area contributed by atoms with Crippen molar-refractivity contribution in [1.29, 1.82) is 0 Å². The van der Waals surface area contributed by atoms with Gasteiger partial charge in [-0.1, -0.05) is 0 Å². The maximum absolute atomic E-state index is 11.2. The van der Waals surface area contributed by atoms with E-state index in [1.165, 1.54) is 11.6 Å². The predicted octanol–water partition coefficient (Wildman–Crippen LogP) is 0.927. The molecule has 0 aliphatic rings. The van der Waals surface area contributed by atoms with Gasteiger partial charge in [-0.25, -0.2) is 4.79 Å². The zero-order valence-electron chi connectivity index (χ0n) is 8.17. The largest absolute Gasteiger partial charge is 0.458 e. The maximum atomic E-state index is 11.2. The van der Waals surface area contributed by atoms with Gasteiger partial charge >= 0.3 is 17.6 Å². The second kappa shape index (κ2) is 5.30. The van der Waals surface area contributed by atoms with Gasteiger partial charge in [-0.15, -0.1) is 12.4 Å². The van der Waals surface area contributed by atoms with Crippen LogP contribution >= 0.6 is 12.4 Å². The molecule has 8 heteroatoms. The summed E-state index contributed by atoms with van der Waals surface area (Å²) in [7, 11) is 1.49. The van der Waals surface area contributed by atoms with Gasteiger partial charge in [-0.2, -0.15) is 0 Å². The molecule has 0 bridgehead atoms. The molecule has 0 N–H and O–H groups in total. The first-order chi connectivity index (χ1) is 6.56. The van der Waals surface area contributed by atoms with E-state index in [0.717, 1.165) is 6.20 Å². The minimum Gasteiger partial charge on any atom is -0.458 e. The molecule has 0 fully saturated rings. The number of carbonyl (C=O) groups excluding carboxylic acids is 1. The highest BCUT2D eigenvalue weighted by Crippen LogP contribution is 2.10. The number of aromatic nitrogens is 2. The van der Waals surface area contributed by atoms with E-state index >= 15 is 0 Å². The summed E-state index contributed by atoms with van der Waals surface area (Å²) in [5.41, 5.74) is 0. The number of esters is 1. The molecule has 1 rings (SSSR count). The van der Waals surface area contributed by atoms with E-state index in [2.05, 4.69) is 9.72 Å². The molecule has 0 radical (unpaired) electrons. The maximum Gasteiger partial charge on any atom is 0.401 e. The summed E-state index contributed by atoms with van der Waals surface area (Å²) in [6.45, 7) is 1.86. The van der Waals surface area contributed by atoms with Crippen molar-refractivity contribution in [3.63, 3.8) is 0 Å². The van der Waals surface area contributed by atoms with E-state index in [4.69, 9.17) is 0 Å². The van der Waals surface area contributed by atoms with Crippen LogP contribution in [0.2, 0.25) is 0 Å². The van der Waals surface area contributed by atoms with Crippen molar-refractivity contribution in [1.82, 2.24) is 9.55 Å². The first-order valence-electron chi connectivity index (χ1n) is 3.91. The number of nitrogens with zero attached hydrogens (tertiary/aromatic N) is 3. The van der Waals surface area contributed by atoms with Gasteiger partial charge in [0.15, 0.2) is 0 Å². The molecule has 0 saturated heterocycles. The molecule has 15 heavy (non-hydrogen) atoms. The third-order valence-corrected chi connectivity index (χ3v) is 1.51. The lowest BCUT2D eigenvalue weighted by Crippen LogP contribution is -2.10. The van der Waals surface area contributed by atoms with Crippen molar-refractivity contribution < 1.29 is 14.5 Å². The second-order valence-corrected chi connectivity index (χ2v) is 2.51. The third kappa shape index (κ3) is 2.91. The minimum absolute atomic E-state index is 0. The van der Waals surface area contributed by atoms with Crippen LogP contribution in [0.3, 0.4) is 0 Å². The summed E-state index contributed by atoms with van der Waals surface area (Å²) in [6.07, 6.45) is 1.16. The van der Waals surface area contributed by atoms with E-state index in [-0.39, 0.29) is 30.7 Å². The molecule has 0 saturated carbocycles. The van der Waals surface area contributed by atoms with Crippen molar-refractivity contribution in [3.05, 3.63) is 22.1 Å². The average Bonchev–Trinajstić information content (AvgIpc) is 2.48. The summed E-state index contributed by atoms with van der Waals surface area (Å²) in [4.78, 5) is 24.4. The zero-order valence-corrected chi connectivity index (χ0v) is 8.98. The molecular weight excluding hydrogens is 226 g/mol. The SMILES string of the molecule is CCOC(=O)c1nc([N+](=O)[O-])cn1C.Cl. The van der Waals surface area contributed by atoms with Gasteiger partial charge in [-0.3, -0.25) is 0 Å². The van der Waals surface area contributed by atoms with Crippen LogP contribution in [0.1, 0.15) is 17.5 Å². The summed E-state index contributed by atoms with van der Waals surface area (Å²) < 4.78 is 5.92. The first-order valence-corrected chi connectivity index (χ1v) is 3.91. The molecule has 0 atom stereocenters. The molecular formula is C7H10ClN3O4. The lowest BCUT2D eigenvalue weighted by Gasteiger charge is -1.96. The fourth-order valence-corrected chi connectivity index (χ4v) is 0.924. The third-order valence-electron chi connectivity index (χ3n) is 1.51. The molecule has 0 amide bonds. The number of hydrogen-bond donors (Lipinski definition) is 0. The topological polar surface area (TPSA) is 87.3 Å². The number of halogens is 1. The van der Waals surface area contributed by atoms with Crippen LogP contribution in [0.5, 0.6) is 0 Å². The smallest absolute Gasteiger partial charge is 0.401 e. The molecule has 0 spiro atoms. The van der Waals surface area contributed by atoms with Crippen LogP contribution in [0.25, 0.3) is 0 Å². The monoisotopic (exact) mass is 235 g/mol. The van der Waals surface area contributed by atoms with Crippen molar-refractivity contribution in [3.8, 4) is 0 Å². The van der Waals surface area contributed by atoms with Crippen LogP contribution < -0.4 is 0 Å². The Morgan fingerprint density at radius 2 is 2.33 bits per heavy atom. The number of aryl methyl sites for hydroxylation is 1. The second-order valence-electron chi connectivity index (χ2n) is 2.51. The lowest BCUT2D eigenvalue weighted by molar-refractivity contribution is -0.389. The highest BCUT2D eigenvalue weighted by Gasteiger charge is 2.23. The normalized spacial score (nSPS) is 9.20. The van der Waals surface area contributed by atoms with Crippen molar-refractivity contribution in [2.75, 3.05) is 6.61 Å². The number of nitro groups is 1. The Labute approximate surface area is 91.6 Å². The number of hydrogen-bond acceptors (Lipinski definition) is 5. The van der Waals surface area contributed by atoms with Crippen molar-refractivity contribution in [2.24, 2.45) is 7.05 Å². The Balaban J connectivity index is 0.00000196. The van der Waals surface area contributed by atoms with E-state index in [1.807, 2.05) is 0 Å².